The average Bonchev–Trinajstić information content (AvgIpc) is 3.00. The van der Waals surface area contributed by atoms with E-state index in [2.05, 4.69) is 50.3 Å². The molecule has 0 aliphatic carbocycles. The van der Waals surface area contributed by atoms with Crippen LogP contribution in [0.4, 0.5) is 0 Å². The van der Waals surface area contributed by atoms with E-state index in [0.29, 0.717) is 19.3 Å². The summed E-state index contributed by atoms with van der Waals surface area (Å²) < 4.78 is 17.1. The second kappa shape index (κ2) is 29.9. The largest absolute Gasteiger partial charge is 0.477 e. The molecular formula is C38H68NO7+. The van der Waals surface area contributed by atoms with Crippen LogP contribution in [0.3, 0.4) is 0 Å². The Labute approximate surface area is 281 Å². The van der Waals surface area contributed by atoms with Crippen LogP contribution < -0.4 is 0 Å². The van der Waals surface area contributed by atoms with E-state index < -0.39 is 18.1 Å². The molecule has 8 nitrogen and oxygen atoms in total. The molecule has 0 heterocycles. The Bertz CT molecular complexity index is 860. The van der Waals surface area contributed by atoms with Crippen molar-refractivity contribution in [2.75, 3.05) is 41.0 Å². The molecule has 0 saturated carbocycles. The van der Waals surface area contributed by atoms with E-state index in [0.717, 1.165) is 64.2 Å². The summed E-state index contributed by atoms with van der Waals surface area (Å²) in [5.41, 5.74) is 0. The lowest BCUT2D eigenvalue weighted by Gasteiger charge is -2.31. The Kier molecular flexibility index (Phi) is 28.3. The minimum Gasteiger partial charge on any atom is -0.477 e. The third kappa shape index (κ3) is 27.8. The molecular weight excluding hydrogens is 582 g/mol. The molecule has 1 N–H and O–H groups in total. The van der Waals surface area contributed by atoms with E-state index in [1.54, 1.807) is 0 Å². The van der Waals surface area contributed by atoms with Crippen LogP contribution in [0.2, 0.25) is 0 Å². The predicted molar refractivity (Wildman–Crippen MR) is 188 cm³/mol. The Morgan fingerprint density at radius 3 is 1.85 bits per heavy atom. The maximum absolute atomic E-state index is 12.6. The molecule has 0 rings (SSSR count). The molecule has 0 amide bonds. The average molecular weight is 651 g/mol. The molecule has 0 radical (unpaired) electrons. The maximum atomic E-state index is 12.6. The summed E-state index contributed by atoms with van der Waals surface area (Å²) in [4.78, 5) is 36.6. The van der Waals surface area contributed by atoms with Gasteiger partial charge in [-0.15, -0.1) is 0 Å². The van der Waals surface area contributed by atoms with Gasteiger partial charge in [-0.05, 0) is 64.2 Å². The molecule has 0 bridgehead atoms. The molecule has 46 heavy (non-hydrogen) atoms. The van der Waals surface area contributed by atoms with Gasteiger partial charge in [0.15, 0.2) is 12.1 Å². The zero-order valence-electron chi connectivity index (χ0n) is 30.0. The van der Waals surface area contributed by atoms with E-state index in [-0.39, 0.29) is 36.2 Å². The van der Waals surface area contributed by atoms with Gasteiger partial charge in [0, 0.05) is 19.3 Å². The number of carbonyl (C=O) groups is 3. The van der Waals surface area contributed by atoms with Crippen LogP contribution in [0.25, 0.3) is 0 Å². The highest BCUT2D eigenvalue weighted by Crippen LogP contribution is 2.12. The molecule has 8 heteroatoms. The topological polar surface area (TPSA) is 99.1 Å². The Morgan fingerprint density at radius 1 is 0.674 bits per heavy atom. The first-order valence-electron chi connectivity index (χ1n) is 18.0. The number of nitrogens with zero attached hydrogens (tertiary/aromatic N) is 1. The fraction of sp³-hybridized carbons (Fsp3) is 0.763. The van der Waals surface area contributed by atoms with Crippen LogP contribution in [0.1, 0.15) is 136 Å². The molecule has 0 spiro atoms. The van der Waals surface area contributed by atoms with Crippen molar-refractivity contribution < 1.29 is 38.2 Å². The van der Waals surface area contributed by atoms with Crippen LogP contribution in [0.5, 0.6) is 0 Å². The van der Waals surface area contributed by atoms with Crippen molar-refractivity contribution in [3.05, 3.63) is 36.5 Å². The van der Waals surface area contributed by atoms with Gasteiger partial charge in [0.25, 0.3) is 0 Å². The van der Waals surface area contributed by atoms with E-state index in [4.69, 9.17) is 14.2 Å². The third-order valence-electron chi connectivity index (χ3n) is 7.77. The lowest BCUT2D eigenvalue weighted by atomic mass is 10.1. The minimum atomic E-state index is -0.884. The van der Waals surface area contributed by atoms with Gasteiger partial charge < -0.3 is 23.8 Å². The molecule has 266 valence electrons. The second-order valence-corrected chi connectivity index (χ2v) is 13.1. The van der Waals surface area contributed by atoms with E-state index in [9.17, 15) is 19.5 Å². The summed E-state index contributed by atoms with van der Waals surface area (Å²) in [6.45, 7) is 4.52. The van der Waals surface area contributed by atoms with Gasteiger partial charge in [-0.25, -0.2) is 4.79 Å². The number of ether oxygens (including phenoxy) is 3. The number of esters is 2. The van der Waals surface area contributed by atoms with Crippen LogP contribution in [0.15, 0.2) is 36.5 Å². The zero-order valence-corrected chi connectivity index (χ0v) is 30.0. The van der Waals surface area contributed by atoms with E-state index in [1.165, 1.54) is 38.5 Å². The summed E-state index contributed by atoms with van der Waals surface area (Å²) in [6.07, 6.45) is 30.6. The zero-order chi connectivity index (χ0) is 34.3. The number of aliphatic carboxylic acids is 1. The number of carbonyl (C=O) groups excluding carboxylic acids is 2. The summed E-state index contributed by atoms with van der Waals surface area (Å²) >= 11 is 0. The van der Waals surface area contributed by atoms with Gasteiger partial charge in [0.05, 0.1) is 34.4 Å². The van der Waals surface area contributed by atoms with Gasteiger partial charge in [-0.1, -0.05) is 88.8 Å². The van der Waals surface area contributed by atoms with E-state index >= 15 is 0 Å². The first-order chi connectivity index (χ1) is 22.1. The second-order valence-electron chi connectivity index (χ2n) is 13.1. The Hall–Kier alpha value is -2.45. The predicted octanol–water partition coefficient (Wildman–Crippen LogP) is 8.74. The number of hydrogen-bond donors (Lipinski definition) is 1. The summed E-state index contributed by atoms with van der Waals surface area (Å²) in [6, 6.07) is -0.619. The van der Waals surface area contributed by atoms with Crippen molar-refractivity contribution in [1.82, 2.24) is 0 Å². The molecule has 2 atom stereocenters. The SMILES string of the molecule is CC/C=C/C/C=C/CCCCC(=O)OCC(COCCC(C(=O)O)[N+](C)(C)C)OC(=O)CCCCC/C=C/CCCCCCCC. The maximum Gasteiger partial charge on any atom is 0.362 e. The molecule has 0 aromatic heterocycles. The number of carboxylic acid groups (broad SMARTS) is 1. The Morgan fingerprint density at radius 2 is 1.22 bits per heavy atom. The molecule has 0 saturated heterocycles. The first kappa shape index (κ1) is 43.5. The first-order valence-corrected chi connectivity index (χ1v) is 18.0. The van der Waals surface area contributed by atoms with Crippen LogP contribution in [0, 0.1) is 0 Å². The van der Waals surface area contributed by atoms with Crippen molar-refractivity contribution in [1.29, 1.82) is 0 Å². The number of allylic oxidation sites excluding steroid dienone is 6. The minimum absolute atomic E-state index is 0.0448. The van der Waals surface area contributed by atoms with Crippen LogP contribution in [-0.2, 0) is 28.6 Å². The van der Waals surface area contributed by atoms with Crippen molar-refractivity contribution in [3.63, 3.8) is 0 Å². The fourth-order valence-corrected chi connectivity index (χ4v) is 4.94. The van der Waals surface area contributed by atoms with Gasteiger partial charge in [0.1, 0.15) is 6.61 Å². The van der Waals surface area contributed by atoms with Gasteiger partial charge in [0.2, 0.25) is 0 Å². The highest BCUT2D eigenvalue weighted by Gasteiger charge is 2.31. The van der Waals surface area contributed by atoms with Crippen molar-refractivity contribution in [2.24, 2.45) is 0 Å². The van der Waals surface area contributed by atoms with Crippen molar-refractivity contribution in [3.8, 4) is 0 Å². The highest BCUT2D eigenvalue weighted by molar-refractivity contribution is 5.72. The summed E-state index contributed by atoms with van der Waals surface area (Å²) in [5.74, 6) is -1.54. The highest BCUT2D eigenvalue weighted by atomic mass is 16.6. The summed E-state index contributed by atoms with van der Waals surface area (Å²) in [7, 11) is 5.49. The molecule has 2 unspecified atom stereocenters. The standard InChI is InChI=1S/C38H67NO7/c1-6-8-10-12-14-16-17-18-19-21-23-25-27-29-37(41)46-34(32-44-31-30-35(38(42)43)39(3,4)5)33-45-36(40)28-26-24-22-20-15-13-11-9-7-2/h9,11,15,18-20,34-35H,6-8,10,12-14,16-17,21-33H2,1-5H3/p+1/b11-9+,19-18+,20-15+. The quantitative estimate of drug-likeness (QED) is 0.0347. The smallest absolute Gasteiger partial charge is 0.362 e. The molecule has 0 aliphatic rings. The monoisotopic (exact) mass is 650 g/mol. The molecule has 0 aromatic rings. The van der Waals surface area contributed by atoms with Crippen LogP contribution in [-0.4, -0.2) is 80.6 Å². The Balaban J connectivity index is 4.51. The fourth-order valence-electron chi connectivity index (χ4n) is 4.94. The summed E-state index contributed by atoms with van der Waals surface area (Å²) in [5, 5.41) is 9.55. The van der Waals surface area contributed by atoms with Gasteiger partial charge in [-0.3, -0.25) is 9.59 Å². The number of likely N-dealkylation sites (N-methyl/N-ethyl adjacent to an activating group) is 1. The van der Waals surface area contributed by atoms with Crippen LogP contribution >= 0.6 is 0 Å². The number of unbranched alkanes of at least 4 members (excludes halogenated alkanes) is 11. The normalized spacial score (nSPS) is 13.5. The lowest BCUT2D eigenvalue weighted by molar-refractivity contribution is -0.887. The molecule has 0 aromatic carbocycles. The number of carboxylic acids is 1. The number of quaternary nitrogens is 1. The lowest BCUT2D eigenvalue weighted by Crippen LogP contribution is -2.50. The third-order valence-corrected chi connectivity index (χ3v) is 7.77. The van der Waals surface area contributed by atoms with Crippen molar-refractivity contribution in [2.45, 2.75) is 148 Å². The van der Waals surface area contributed by atoms with Crippen molar-refractivity contribution >= 4 is 17.9 Å². The molecule has 0 fully saturated rings. The number of hydrogen-bond acceptors (Lipinski definition) is 6. The van der Waals surface area contributed by atoms with Gasteiger partial charge in [-0.2, -0.15) is 0 Å². The number of rotatable bonds is 31. The molecule has 0 aliphatic heterocycles. The van der Waals surface area contributed by atoms with E-state index in [1.807, 2.05) is 21.1 Å². The van der Waals surface area contributed by atoms with Gasteiger partial charge >= 0.3 is 17.9 Å².